The van der Waals surface area contributed by atoms with E-state index in [0.29, 0.717) is 6.42 Å². The Morgan fingerprint density at radius 2 is 0.659 bits per heavy atom. The van der Waals surface area contributed by atoms with Crippen LogP contribution in [0.4, 0.5) is 0 Å². The molecule has 0 amide bonds. The second kappa shape index (κ2) is 40.6. The minimum Gasteiger partial charge on any atom is -0.411 e. The van der Waals surface area contributed by atoms with E-state index in [-0.39, 0.29) is 11.9 Å². The Labute approximate surface area is 804 Å². The Hall–Kier alpha value is -16.7. The zero-order valence-corrected chi connectivity index (χ0v) is 76.9. The number of pyridine rings is 10. The number of allylic oxidation sites excluding steroid dienone is 2. The largest absolute Gasteiger partial charge is 0.411 e. The third kappa shape index (κ3) is 19.0. The van der Waals surface area contributed by atoms with Gasteiger partial charge in [0.1, 0.15) is 0 Å². The van der Waals surface area contributed by atoms with Crippen molar-refractivity contribution in [1.29, 1.82) is 0 Å². The van der Waals surface area contributed by atoms with Crippen LogP contribution in [-0.2, 0) is 51.4 Å². The monoisotopic (exact) mass is 1810 g/mol. The van der Waals surface area contributed by atoms with Crippen LogP contribution in [0, 0.1) is 0 Å². The third-order valence-corrected chi connectivity index (χ3v) is 27.4. The van der Waals surface area contributed by atoms with Gasteiger partial charge in [0.15, 0.2) is 5.78 Å². The van der Waals surface area contributed by atoms with Crippen LogP contribution in [0.15, 0.2) is 383 Å². The summed E-state index contributed by atoms with van der Waals surface area (Å²) in [5, 5.41) is 22.4. The number of nitrogens with zero attached hydrogens (tertiary/aromatic N) is 14. The van der Waals surface area contributed by atoms with Crippen molar-refractivity contribution in [3.8, 4) is 134 Å². The minimum atomic E-state index is -0.313. The summed E-state index contributed by atoms with van der Waals surface area (Å²) in [7, 11) is 0. The van der Waals surface area contributed by atoms with E-state index >= 15 is 0 Å². The van der Waals surface area contributed by atoms with Crippen LogP contribution in [0.5, 0.6) is 0 Å². The molecule has 0 saturated heterocycles. The van der Waals surface area contributed by atoms with E-state index in [2.05, 4.69) is 219 Å². The van der Waals surface area contributed by atoms with Crippen LogP contribution in [0.25, 0.3) is 161 Å². The molecule has 1 unspecified atom stereocenters. The molecule has 0 radical (unpaired) electrons. The van der Waals surface area contributed by atoms with Crippen molar-refractivity contribution >= 4 is 49.7 Å². The molecule has 20 aromatic rings. The van der Waals surface area contributed by atoms with Crippen LogP contribution >= 0.6 is 11.3 Å². The van der Waals surface area contributed by atoms with Gasteiger partial charge in [-0.2, -0.15) is 0 Å². The van der Waals surface area contributed by atoms with E-state index in [0.717, 1.165) is 190 Å². The van der Waals surface area contributed by atoms with Gasteiger partial charge in [0.05, 0.1) is 72.7 Å². The molecule has 6 aliphatic rings. The highest BCUT2D eigenvalue weighted by Gasteiger charge is 2.26. The third-order valence-electron chi connectivity index (χ3n) is 26.6. The number of ketones is 1. The van der Waals surface area contributed by atoms with Crippen molar-refractivity contribution < 1.29 is 15.1 Å². The molecule has 0 bridgehead atoms. The quantitative estimate of drug-likeness (QED) is 0.0854. The maximum atomic E-state index is 11.8. The van der Waals surface area contributed by atoms with E-state index in [1.807, 2.05) is 170 Å². The second-order valence-corrected chi connectivity index (χ2v) is 35.8. The van der Waals surface area contributed by atoms with Crippen molar-refractivity contribution in [2.45, 2.75) is 96.5 Å². The maximum Gasteiger partial charge on any atom is 0.163 e. The summed E-state index contributed by atoms with van der Waals surface area (Å²) in [6, 6.07) is 92.0. The molecule has 668 valence electrons. The molecule has 17 nitrogen and oxygen atoms in total. The number of aromatic nitrogens is 13. The fraction of sp³-hybridized carbons (Fsp3) is 0.125. The molecule has 0 spiro atoms. The van der Waals surface area contributed by atoms with Crippen LogP contribution in [0.2, 0.25) is 0 Å². The van der Waals surface area contributed by atoms with Crippen LogP contribution in [-0.4, -0.2) is 86.6 Å². The first kappa shape index (κ1) is 88.0. The maximum absolute atomic E-state index is 11.8. The molecule has 8 aromatic carbocycles. The van der Waals surface area contributed by atoms with Gasteiger partial charge in [-0.05, 0) is 324 Å². The molecule has 6 aliphatic carbocycles. The van der Waals surface area contributed by atoms with E-state index in [1.165, 1.54) is 121 Å². The zero-order chi connectivity index (χ0) is 93.0. The fourth-order valence-corrected chi connectivity index (χ4v) is 20.4. The number of benzene rings is 8. The lowest BCUT2D eigenvalue weighted by Crippen LogP contribution is -1.95. The Morgan fingerprint density at radius 1 is 0.283 bits per heavy atom. The van der Waals surface area contributed by atoms with Crippen molar-refractivity contribution in [3.05, 3.63) is 444 Å². The SMILES string of the molecule is CC1=CCc2cc(-c3ncccc3-c3ccncc3)ccc21.O/N=C1/CCc2cc(-c3ncccc3-c3ccncc3)ccc21.O=C1CCc2cc(-c3ncccc3-c3ccncc3)ccc21.OC1CCc2cc(-c3ncccc3-c3ccncc3)ccc21.c1cnc(-c2ccc3c(c2)CCC3)c(-c2ccc3nccnc3c2)c1.c1cnc(-c2ccc3c(c2)CCC3)c(-c2ccc3ncsc3c2)c1. The first-order valence-corrected chi connectivity index (χ1v) is 47.7. The molecular weight excluding hydrogens is 1720 g/mol. The number of oxime groups is 1. The molecule has 0 saturated carbocycles. The van der Waals surface area contributed by atoms with Gasteiger partial charge < -0.3 is 10.3 Å². The lowest BCUT2D eigenvalue weighted by molar-refractivity contribution is 0.0994. The zero-order valence-electron chi connectivity index (χ0n) is 76.0. The van der Waals surface area contributed by atoms with Gasteiger partial charge in [0.25, 0.3) is 0 Å². The minimum absolute atomic E-state index is 0.247. The summed E-state index contributed by atoms with van der Waals surface area (Å²) in [5.41, 5.74) is 48.5. The Balaban J connectivity index is 0.0000000987. The Kier molecular flexibility index (Phi) is 25.9. The van der Waals surface area contributed by atoms with Gasteiger partial charge in [-0.15, -0.1) is 11.3 Å². The summed E-state index contributed by atoms with van der Waals surface area (Å²) >= 11 is 1.68. The van der Waals surface area contributed by atoms with E-state index in [9.17, 15) is 9.90 Å². The van der Waals surface area contributed by atoms with Gasteiger partial charge in [-0.25, -0.2) is 4.98 Å². The van der Waals surface area contributed by atoms with Crippen molar-refractivity contribution in [2.24, 2.45) is 5.16 Å². The fourth-order valence-electron chi connectivity index (χ4n) is 19.7. The predicted molar refractivity (Wildman–Crippen MR) is 552 cm³/mol. The molecule has 18 heteroatoms. The topological polar surface area (TPSA) is 237 Å². The predicted octanol–water partition coefficient (Wildman–Crippen LogP) is 26.8. The lowest BCUT2D eigenvalue weighted by atomic mass is 9.96. The van der Waals surface area contributed by atoms with E-state index in [1.54, 1.807) is 67.1 Å². The molecule has 138 heavy (non-hydrogen) atoms. The molecule has 0 aliphatic heterocycles. The van der Waals surface area contributed by atoms with Gasteiger partial charge in [-0.3, -0.25) is 64.6 Å². The van der Waals surface area contributed by atoms with Gasteiger partial charge in [0, 0.05) is 183 Å². The second-order valence-electron chi connectivity index (χ2n) is 35.0. The molecule has 2 N–H and O–H groups in total. The molecule has 12 heterocycles. The summed E-state index contributed by atoms with van der Waals surface area (Å²) < 4.78 is 1.22. The number of aliphatic hydroxyl groups excluding tert-OH is 1. The molecule has 1 atom stereocenters. The number of aliphatic hydroxyl groups is 1. The summed E-state index contributed by atoms with van der Waals surface area (Å²) in [6.45, 7) is 2.18. The number of hydrogen-bond acceptors (Lipinski definition) is 18. The number of Topliss-reactive ketones (excluding diaryl/α,β-unsaturated/α-hetero) is 1. The average Bonchev–Trinajstić information content (AvgIpc) is 1.64. The van der Waals surface area contributed by atoms with Crippen molar-refractivity contribution in [2.75, 3.05) is 0 Å². The average molecular weight is 1810 g/mol. The van der Waals surface area contributed by atoms with Gasteiger partial charge >= 0.3 is 0 Å². The first-order chi connectivity index (χ1) is 68.1. The highest BCUT2D eigenvalue weighted by atomic mass is 32.1. The number of carbonyl (C=O) groups excluding carboxylic acids is 1. The summed E-state index contributed by atoms with van der Waals surface area (Å²) in [4.78, 5) is 69.1. The number of hydrogen-bond donors (Lipinski definition) is 2. The molecule has 0 fully saturated rings. The number of fused-ring (bicyclic) bond motifs is 8. The number of aryl methyl sites for hydroxylation is 7. The van der Waals surface area contributed by atoms with Gasteiger partial charge in [-0.1, -0.05) is 133 Å². The first-order valence-electron chi connectivity index (χ1n) is 46.9. The summed E-state index contributed by atoms with van der Waals surface area (Å²) in [5.74, 6) is 0.247. The van der Waals surface area contributed by atoms with E-state index < -0.39 is 0 Å². The molecular formula is C120H94N14O3S. The highest BCUT2D eigenvalue weighted by Crippen LogP contribution is 2.43. The Morgan fingerprint density at radius 3 is 1.14 bits per heavy atom. The van der Waals surface area contributed by atoms with Crippen LogP contribution < -0.4 is 0 Å². The molecule has 12 aromatic heterocycles. The molecule has 26 rings (SSSR count). The standard InChI is InChI=1S/C22H17N3.C21H16N2S.C20H16N2.C19H15N3O.C19H16N2O.C19H14N2O/c1-3-15-6-7-18(13-16(15)4-1)22-19(5-2-10-25-22)17-8-9-20-21(14-17)24-12-11-23-20;1-3-14-6-7-17(11-15(14)4-1)21-18(5-2-10-22-21)16-8-9-19-20(12-16)24-13-23-19;1-14-4-5-16-13-17(6-7-18(14)16)20-19(3-2-10-22-20)15-8-11-21-12-9-15;23-22-18-6-4-14-12-15(3-5-16(14)18)19-17(2-1-9-21-19)13-7-10-20-11-8-13;2*22-18-6-4-14-12-15(3-5-16(14)18)19-17(2-1-9-21-19)13-7-10-20-11-8-13/h2,5-14H,1,3-4H2;2,5-13H,1,3-4H2;2-4,6-13H,5H2,1H3;1-3,5,7-12,23H,4,6H2;1-3,5,7-12,18,22H,4,6H2;1-3,5,7-12H,4,6H2/b;;;22-18-;;. The number of carbonyl (C=O) groups is 1. The highest BCUT2D eigenvalue weighted by molar-refractivity contribution is 7.16. The van der Waals surface area contributed by atoms with Crippen molar-refractivity contribution in [3.63, 3.8) is 0 Å². The number of rotatable bonds is 12. The summed E-state index contributed by atoms with van der Waals surface area (Å²) in [6.07, 6.45) is 44.1. The number of thiazole rings is 1. The van der Waals surface area contributed by atoms with Crippen LogP contribution in [0.1, 0.15) is 117 Å². The van der Waals surface area contributed by atoms with E-state index in [4.69, 9.17) is 15.2 Å². The van der Waals surface area contributed by atoms with Crippen molar-refractivity contribution in [1.82, 2.24) is 64.8 Å². The Bertz CT molecular complexity index is 7870. The lowest BCUT2D eigenvalue weighted by Gasteiger charge is -2.11. The van der Waals surface area contributed by atoms with Gasteiger partial charge in [0.2, 0.25) is 0 Å². The smallest absolute Gasteiger partial charge is 0.163 e. The van der Waals surface area contributed by atoms with Crippen LogP contribution in [0.3, 0.4) is 0 Å². The normalized spacial score (nSPS) is 14.0.